The first kappa shape index (κ1) is 19.2. The predicted molar refractivity (Wildman–Crippen MR) is 113 cm³/mol. The summed E-state index contributed by atoms with van der Waals surface area (Å²) in [6.07, 6.45) is 1.59. The van der Waals surface area contributed by atoms with E-state index in [0.717, 1.165) is 55.0 Å². The minimum atomic E-state index is -0.380. The molecule has 0 amide bonds. The van der Waals surface area contributed by atoms with Crippen LogP contribution in [0, 0.1) is 12.8 Å². The van der Waals surface area contributed by atoms with E-state index in [1.54, 1.807) is 0 Å². The lowest BCUT2D eigenvalue weighted by molar-refractivity contribution is 0.0567. The monoisotopic (exact) mass is 395 g/mol. The molecule has 0 spiro atoms. The van der Waals surface area contributed by atoms with E-state index >= 15 is 0 Å². The molecule has 3 aromatic rings. The van der Waals surface area contributed by atoms with E-state index in [1.807, 2.05) is 72.3 Å². The maximum absolute atomic E-state index is 10.7. The van der Waals surface area contributed by atoms with Crippen molar-refractivity contribution in [2.45, 2.75) is 32.4 Å². The summed E-state index contributed by atoms with van der Waals surface area (Å²) >= 11 is 6.68. The minimum Gasteiger partial charge on any atom is -0.388 e. The molecule has 1 atom stereocenters. The minimum absolute atomic E-state index is 0.308. The Morgan fingerprint density at radius 2 is 1.64 bits per heavy atom. The third-order valence-corrected chi connectivity index (χ3v) is 6.11. The van der Waals surface area contributed by atoms with Crippen LogP contribution in [0.5, 0.6) is 0 Å². The Kier molecular flexibility index (Phi) is 5.81. The number of nitrogens with zero attached hydrogens (tertiary/aromatic N) is 3. The summed E-state index contributed by atoms with van der Waals surface area (Å²) in [6.45, 7) is 4.74. The quantitative estimate of drug-likeness (QED) is 0.675. The van der Waals surface area contributed by atoms with Crippen molar-refractivity contribution in [3.05, 3.63) is 82.6 Å². The van der Waals surface area contributed by atoms with Crippen molar-refractivity contribution in [2.24, 2.45) is 5.92 Å². The van der Waals surface area contributed by atoms with Gasteiger partial charge in [0.2, 0.25) is 0 Å². The molecular formula is C23H26ClN3O. The molecule has 5 heteroatoms. The number of piperidine rings is 1. The molecule has 0 radical (unpaired) electrons. The van der Waals surface area contributed by atoms with Crippen molar-refractivity contribution in [1.29, 1.82) is 0 Å². The maximum atomic E-state index is 10.7. The highest BCUT2D eigenvalue weighted by Gasteiger charge is 2.27. The van der Waals surface area contributed by atoms with Crippen molar-refractivity contribution in [3.8, 4) is 5.69 Å². The molecule has 2 heterocycles. The van der Waals surface area contributed by atoms with Gasteiger partial charge >= 0.3 is 0 Å². The van der Waals surface area contributed by atoms with Gasteiger partial charge in [-0.2, -0.15) is 5.10 Å². The zero-order valence-corrected chi connectivity index (χ0v) is 16.9. The lowest BCUT2D eigenvalue weighted by atomic mass is 9.87. The van der Waals surface area contributed by atoms with Gasteiger partial charge in [-0.15, -0.1) is 0 Å². The molecule has 1 N–H and O–H groups in total. The van der Waals surface area contributed by atoms with Crippen molar-refractivity contribution in [1.82, 2.24) is 14.7 Å². The van der Waals surface area contributed by atoms with Gasteiger partial charge in [-0.25, -0.2) is 4.68 Å². The molecule has 28 heavy (non-hydrogen) atoms. The van der Waals surface area contributed by atoms with Gasteiger partial charge in [0, 0.05) is 12.1 Å². The zero-order valence-electron chi connectivity index (χ0n) is 16.1. The number of benzene rings is 2. The fourth-order valence-electron chi connectivity index (χ4n) is 4.02. The first-order valence-electron chi connectivity index (χ1n) is 9.88. The lowest BCUT2D eigenvalue weighted by Crippen LogP contribution is -2.35. The van der Waals surface area contributed by atoms with Gasteiger partial charge in [0.1, 0.15) is 5.15 Å². The number of aryl methyl sites for hydroxylation is 1. The van der Waals surface area contributed by atoms with Gasteiger partial charge in [0.25, 0.3) is 0 Å². The van der Waals surface area contributed by atoms with Crippen molar-refractivity contribution < 1.29 is 5.11 Å². The molecule has 0 saturated carbocycles. The van der Waals surface area contributed by atoms with Crippen molar-refractivity contribution in [2.75, 3.05) is 13.1 Å². The SMILES string of the molecule is Cc1nn(-c2ccccc2)c(Cl)c1CN1CCC(C(O)c2ccccc2)CC1. The molecule has 146 valence electrons. The number of aromatic nitrogens is 2. The number of aliphatic hydroxyl groups excluding tert-OH is 1. The summed E-state index contributed by atoms with van der Waals surface area (Å²) in [4.78, 5) is 2.42. The van der Waals surface area contributed by atoms with E-state index in [-0.39, 0.29) is 6.10 Å². The number of hydrogen-bond donors (Lipinski definition) is 1. The maximum Gasteiger partial charge on any atom is 0.137 e. The predicted octanol–water partition coefficient (Wildman–Crippen LogP) is 4.78. The Morgan fingerprint density at radius 1 is 1.04 bits per heavy atom. The average Bonchev–Trinajstić information content (AvgIpc) is 3.03. The van der Waals surface area contributed by atoms with Gasteiger partial charge in [0.05, 0.1) is 17.5 Å². The highest BCUT2D eigenvalue weighted by atomic mass is 35.5. The second-order valence-corrected chi connectivity index (χ2v) is 7.93. The molecule has 1 aromatic heterocycles. The van der Waals surface area contributed by atoms with Crippen LogP contribution in [0.25, 0.3) is 5.69 Å². The molecule has 1 aliphatic heterocycles. The molecular weight excluding hydrogens is 370 g/mol. The number of rotatable bonds is 5. The smallest absolute Gasteiger partial charge is 0.137 e. The largest absolute Gasteiger partial charge is 0.388 e. The molecule has 1 aliphatic rings. The van der Waals surface area contributed by atoms with E-state index in [4.69, 9.17) is 11.6 Å². The number of para-hydroxylation sites is 1. The van der Waals surface area contributed by atoms with Crippen LogP contribution >= 0.6 is 11.6 Å². The number of likely N-dealkylation sites (tertiary alicyclic amines) is 1. The molecule has 2 aromatic carbocycles. The third kappa shape index (κ3) is 4.00. The van der Waals surface area contributed by atoms with Crippen LogP contribution in [-0.2, 0) is 6.54 Å². The number of hydrogen-bond acceptors (Lipinski definition) is 3. The highest BCUT2D eigenvalue weighted by Crippen LogP contribution is 2.32. The topological polar surface area (TPSA) is 41.3 Å². The van der Waals surface area contributed by atoms with Gasteiger partial charge in [-0.3, -0.25) is 4.90 Å². The van der Waals surface area contributed by atoms with Crippen LogP contribution < -0.4 is 0 Å². The average molecular weight is 396 g/mol. The summed E-state index contributed by atoms with van der Waals surface area (Å²) in [5.41, 5.74) is 4.06. The van der Waals surface area contributed by atoms with E-state index in [0.29, 0.717) is 11.1 Å². The van der Waals surface area contributed by atoms with Crippen LogP contribution in [0.3, 0.4) is 0 Å². The first-order valence-corrected chi connectivity index (χ1v) is 10.3. The Bertz CT molecular complexity index is 902. The molecule has 1 unspecified atom stereocenters. The lowest BCUT2D eigenvalue weighted by Gasteiger charge is -2.34. The molecule has 1 fully saturated rings. The fourth-order valence-corrected chi connectivity index (χ4v) is 4.36. The van der Waals surface area contributed by atoms with Gasteiger partial charge in [-0.1, -0.05) is 60.1 Å². The number of aliphatic hydroxyl groups is 1. The second-order valence-electron chi connectivity index (χ2n) is 7.57. The van der Waals surface area contributed by atoms with E-state index in [1.165, 1.54) is 0 Å². The molecule has 1 saturated heterocycles. The van der Waals surface area contributed by atoms with Gasteiger partial charge in [0.15, 0.2) is 0 Å². The number of halogens is 1. The Labute approximate surface area is 171 Å². The summed E-state index contributed by atoms with van der Waals surface area (Å²) in [6, 6.07) is 20.0. The van der Waals surface area contributed by atoms with Gasteiger partial charge in [-0.05, 0) is 56.5 Å². The van der Waals surface area contributed by atoms with Crippen molar-refractivity contribution in [3.63, 3.8) is 0 Å². The van der Waals surface area contributed by atoms with E-state index in [9.17, 15) is 5.11 Å². The van der Waals surface area contributed by atoms with Gasteiger partial charge < -0.3 is 5.11 Å². The third-order valence-electron chi connectivity index (χ3n) is 5.72. The zero-order chi connectivity index (χ0) is 19.5. The summed E-state index contributed by atoms with van der Waals surface area (Å²) in [5, 5.41) is 16.0. The Hall–Kier alpha value is -2.14. The first-order chi connectivity index (χ1) is 13.6. The van der Waals surface area contributed by atoms with Crippen molar-refractivity contribution >= 4 is 11.6 Å². The Morgan fingerprint density at radius 3 is 2.29 bits per heavy atom. The fraction of sp³-hybridized carbons (Fsp3) is 0.348. The second kappa shape index (κ2) is 8.48. The van der Waals surface area contributed by atoms with Crippen LogP contribution in [0.15, 0.2) is 60.7 Å². The van der Waals surface area contributed by atoms with Crippen LogP contribution in [0.1, 0.15) is 35.8 Å². The molecule has 0 bridgehead atoms. The Balaban J connectivity index is 1.41. The highest BCUT2D eigenvalue weighted by molar-refractivity contribution is 6.30. The summed E-state index contributed by atoms with van der Waals surface area (Å²) in [5.74, 6) is 0.308. The van der Waals surface area contributed by atoms with E-state index in [2.05, 4.69) is 10.00 Å². The molecule has 0 aliphatic carbocycles. The molecule has 4 nitrogen and oxygen atoms in total. The van der Waals surface area contributed by atoms with E-state index < -0.39 is 0 Å². The summed E-state index contributed by atoms with van der Waals surface area (Å²) < 4.78 is 1.82. The van der Waals surface area contributed by atoms with Crippen LogP contribution in [-0.4, -0.2) is 32.9 Å². The molecule has 4 rings (SSSR count). The van der Waals surface area contributed by atoms with Crippen LogP contribution in [0.4, 0.5) is 0 Å². The standard InChI is InChI=1S/C23H26ClN3O/c1-17-21(23(24)27(25-17)20-10-6-3-7-11-20)16-26-14-12-19(13-15-26)22(28)18-8-4-2-5-9-18/h2-11,19,22,28H,12-16H2,1H3. The summed E-state index contributed by atoms with van der Waals surface area (Å²) in [7, 11) is 0. The normalized spacial score (nSPS) is 17.0. The van der Waals surface area contributed by atoms with Crippen LogP contribution in [0.2, 0.25) is 5.15 Å².